The van der Waals surface area contributed by atoms with E-state index in [0.717, 1.165) is 22.0 Å². The Morgan fingerprint density at radius 1 is 1.17 bits per heavy atom. The van der Waals surface area contributed by atoms with E-state index in [1.54, 1.807) is 12.1 Å². The van der Waals surface area contributed by atoms with E-state index >= 15 is 0 Å². The molecule has 3 nitrogen and oxygen atoms in total. The first-order valence-electron chi connectivity index (χ1n) is 7.25. The summed E-state index contributed by atoms with van der Waals surface area (Å²) >= 11 is 1.43. The number of furan rings is 1. The number of hydrogen-bond donors (Lipinski definition) is 0. The molecule has 116 valence electrons. The number of ketones is 1. The Bertz CT molecular complexity index is 813. The van der Waals surface area contributed by atoms with Crippen molar-refractivity contribution in [3.63, 3.8) is 0 Å². The van der Waals surface area contributed by atoms with Crippen LogP contribution in [0.25, 0.3) is 6.08 Å². The summed E-state index contributed by atoms with van der Waals surface area (Å²) in [6, 6.07) is 15.2. The molecule has 23 heavy (non-hydrogen) atoms. The van der Waals surface area contributed by atoms with Gasteiger partial charge < -0.3 is 9.15 Å². The summed E-state index contributed by atoms with van der Waals surface area (Å²) in [7, 11) is 0. The largest absolute Gasteiger partial charge is 0.485 e. The van der Waals surface area contributed by atoms with Crippen LogP contribution in [0.3, 0.4) is 0 Å². The van der Waals surface area contributed by atoms with Gasteiger partial charge in [0, 0.05) is 0 Å². The molecule has 0 aliphatic heterocycles. The maximum atomic E-state index is 11.9. The molecule has 0 aliphatic carbocycles. The summed E-state index contributed by atoms with van der Waals surface area (Å²) < 4.78 is 11.4. The third-order valence-corrected chi connectivity index (χ3v) is 4.19. The van der Waals surface area contributed by atoms with E-state index in [4.69, 9.17) is 9.15 Å². The minimum absolute atomic E-state index is 0.0193. The van der Waals surface area contributed by atoms with Crippen LogP contribution in [0.5, 0.6) is 5.75 Å². The van der Waals surface area contributed by atoms with Crippen molar-refractivity contribution in [3.8, 4) is 5.75 Å². The number of aryl methyl sites for hydroxylation is 1. The van der Waals surface area contributed by atoms with Gasteiger partial charge in [-0.15, -0.1) is 11.3 Å². The molecule has 1 aromatic carbocycles. The lowest BCUT2D eigenvalue weighted by Gasteiger charge is -2.06. The highest BCUT2D eigenvalue weighted by atomic mass is 32.1. The maximum absolute atomic E-state index is 11.9. The fourth-order valence-corrected chi connectivity index (χ4v) is 2.73. The second-order valence-corrected chi connectivity index (χ2v) is 5.98. The van der Waals surface area contributed by atoms with Gasteiger partial charge in [-0.2, -0.15) is 0 Å². The lowest BCUT2D eigenvalue weighted by Crippen LogP contribution is -1.95. The fraction of sp³-hybridized carbons (Fsp3) is 0.105. The van der Waals surface area contributed by atoms with Gasteiger partial charge in [0.25, 0.3) is 0 Å². The topological polar surface area (TPSA) is 39.4 Å². The summed E-state index contributed by atoms with van der Waals surface area (Å²) in [6.45, 7) is 2.36. The average molecular weight is 324 g/mol. The molecule has 0 spiro atoms. The van der Waals surface area contributed by atoms with E-state index in [9.17, 15) is 4.79 Å². The SMILES string of the molecule is Cc1ccccc1OCc1ccc(/C=C/C(=O)c2cccs2)o1. The molecular weight excluding hydrogens is 308 g/mol. The number of thiophene rings is 1. The average Bonchev–Trinajstić information content (AvgIpc) is 3.24. The quantitative estimate of drug-likeness (QED) is 0.466. The third-order valence-electron chi connectivity index (χ3n) is 3.31. The molecule has 0 saturated heterocycles. The molecular formula is C19H16O3S. The van der Waals surface area contributed by atoms with Gasteiger partial charge in [0.05, 0.1) is 4.88 Å². The van der Waals surface area contributed by atoms with Gasteiger partial charge in [-0.3, -0.25) is 4.79 Å². The Hall–Kier alpha value is -2.59. The Balaban J connectivity index is 1.60. The number of benzene rings is 1. The third kappa shape index (κ3) is 3.99. The fourth-order valence-electron chi connectivity index (χ4n) is 2.09. The van der Waals surface area contributed by atoms with Crippen molar-refractivity contribution in [2.75, 3.05) is 0 Å². The predicted molar refractivity (Wildman–Crippen MR) is 91.9 cm³/mol. The lowest BCUT2D eigenvalue weighted by molar-refractivity contribution is 0.105. The molecule has 4 heteroatoms. The molecule has 0 radical (unpaired) electrons. The lowest BCUT2D eigenvalue weighted by atomic mass is 10.2. The minimum Gasteiger partial charge on any atom is -0.485 e. The van der Waals surface area contributed by atoms with E-state index in [1.165, 1.54) is 17.4 Å². The molecule has 3 rings (SSSR count). The second kappa shape index (κ2) is 7.11. The first-order valence-corrected chi connectivity index (χ1v) is 8.13. The zero-order valence-electron chi connectivity index (χ0n) is 12.7. The van der Waals surface area contributed by atoms with Crippen LogP contribution in [0.4, 0.5) is 0 Å². The van der Waals surface area contributed by atoms with Gasteiger partial charge in [-0.05, 0) is 54.3 Å². The van der Waals surface area contributed by atoms with Crippen molar-refractivity contribution in [1.29, 1.82) is 0 Å². The van der Waals surface area contributed by atoms with Gasteiger partial charge in [0.15, 0.2) is 5.78 Å². The molecule has 0 unspecified atom stereocenters. The highest BCUT2D eigenvalue weighted by Gasteiger charge is 2.05. The maximum Gasteiger partial charge on any atom is 0.195 e. The summed E-state index contributed by atoms with van der Waals surface area (Å²) in [5.41, 5.74) is 1.08. The molecule has 0 fully saturated rings. The zero-order valence-corrected chi connectivity index (χ0v) is 13.5. The van der Waals surface area contributed by atoms with E-state index in [1.807, 2.05) is 54.8 Å². The van der Waals surface area contributed by atoms with Gasteiger partial charge in [-0.1, -0.05) is 24.3 Å². The molecule has 2 aromatic heterocycles. The first-order chi connectivity index (χ1) is 11.2. The summed E-state index contributed by atoms with van der Waals surface area (Å²) in [6.07, 6.45) is 3.20. The zero-order chi connectivity index (χ0) is 16.1. The van der Waals surface area contributed by atoms with Crippen LogP contribution < -0.4 is 4.74 Å². The molecule has 0 N–H and O–H groups in total. The Kier molecular flexibility index (Phi) is 4.74. The molecule has 0 bridgehead atoms. The molecule has 0 saturated carbocycles. The number of carbonyl (C=O) groups is 1. The van der Waals surface area contributed by atoms with Gasteiger partial charge >= 0.3 is 0 Å². The number of rotatable bonds is 6. The van der Waals surface area contributed by atoms with Crippen LogP contribution >= 0.6 is 11.3 Å². The predicted octanol–water partition coefficient (Wildman–Crippen LogP) is 5.12. The molecule has 2 heterocycles. The monoisotopic (exact) mass is 324 g/mol. The van der Waals surface area contributed by atoms with Gasteiger partial charge in [0.1, 0.15) is 23.9 Å². The van der Waals surface area contributed by atoms with E-state index in [2.05, 4.69) is 0 Å². The summed E-state index contributed by atoms with van der Waals surface area (Å²) in [5, 5.41) is 1.88. The second-order valence-electron chi connectivity index (χ2n) is 5.03. The Morgan fingerprint density at radius 2 is 2.04 bits per heavy atom. The van der Waals surface area contributed by atoms with E-state index in [-0.39, 0.29) is 5.78 Å². The summed E-state index contributed by atoms with van der Waals surface area (Å²) in [4.78, 5) is 12.6. The van der Waals surface area contributed by atoms with Crippen molar-refractivity contribution in [1.82, 2.24) is 0 Å². The van der Waals surface area contributed by atoms with E-state index < -0.39 is 0 Å². The smallest absolute Gasteiger partial charge is 0.195 e. The van der Waals surface area contributed by atoms with Crippen LogP contribution in [-0.2, 0) is 6.61 Å². The van der Waals surface area contributed by atoms with Gasteiger partial charge in [0.2, 0.25) is 0 Å². The van der Waals surface area contributed by atoms with Crippen molar-refractivity contribution >= 4 is 23.2 Å². The van der Waals surface area contributed by atoms with Crippen LogP contribution in [0.2, 0.25) is 0 Å². The van der Waals surface area contributed by atoms with Crippen LogP contribution in [-0.4, -0.2) is 5.78 Å². The van der Waals surface area contributed by atoms with Crippen molar-refractivity contribution in [3.05, 3.63) is 81.9 Å². The molecule has 0 amide bonds. The van der Waals surface area contributed by atoms with Crippen LogP contribution in [0, 0.1) is 6.92 Å². The number of hydrogen-bond acceptors (Lipinski definition) is 4. The highest BCUT2D eigenvalue weighted by Crippen LogP contribution is 2.19. The van der Waals surface area contributed by atoms with E-state index in [0.29, 0.717) is 12.4 Å². The standard InChI is InChI=1S/C19H16O3S/c1-14-5-2-3-6-18(14)21-13-16-9-8-15(22-16)10-11-17(20)19-7-4-12-23-19/h2-12H,13H2,1H3/b11-10+. The molecule has 0 atom stereocenters. The minimum atomic E-state index is -0.0193. The van der Waals surface area contributed by atoms with Crippen LogP contribution in [0.15, 0.2) is 64.4 Å². The Labute approximate surface area is 138 Å². The molecule has 0 aliphatic rings. The molecule has 3 aromatic rings. The number of ether oxygens (including phenoxy) is 1. The van der Waals surface area contributed by atoms with Gasteiger partial charge in [-0.25, -0.2) is 0 Å². The number of allylic oxidation sites excluding steroid dienone is 1. The van der Waals surface area contributed by atoms with Crippen molar-refractivity contribution in [2.24, 2.45) is 0 Å². The number of carbonyl (C=O) groups excluding carboxylic acids is 1. The van der Waals surface area contributed by atoms with Crippen molar-refractivity contribution in [2.45, 2.75) is 13.5 Å². The normalized spacial score (nSPS) is 11.0. The highest BCUT2D eigenvalue weighted by molar-refractivity contribution is 7.12. The van der Waals surface area contributed by atoms with Crippen LogP contribution in [0.1, 0.15) is 26.8 Å². The number of para-hydroxylation sites is 1. The Morgan fingerprint density at radius 3 is 2.83 bits per heavy atom. The van der Waals surface area contributed by atoms with Crippen molar-refractivity contribution < 1.29 is 13.9 Å². The summed E-state index contributed by atoms with van der Waals surface area (Å²) in [5.74, 6) is 2.18. The first kappa shape index (κ1) is 15.3.